The fraction of sp³-hybridized carbons (Fsp3) is 0.231. The maximum atomic E-state index is 11.4. The van der Waals surface area contributed by atoms with Gasteiger partial charge in [-0.3, -0.25) is 9.59 Å². The predicted molar refractivity (Wildman–Crippen MR) is 71.6 cm³/mol. The van der Waals surface area contributed by atoms with E-state index in [0.29, 0.717) is 18.8 Å². The van der Waals surface area contributed by atoms with Gasteiger partial charge in [0.05, 0.1) is 0 Å². The molecule has 0 aliphatic rings. The zero-order chi connectivity index (χ0) is 13.4. The molecule has 96 valence electrons. The quantitative estimate of drug-likeness (QED) is 0.403. The van der Waals surface area contributed by atoms with Crippen molar-refractivity contribution in [3.63, 3.8) is 0 Å². The van der Waals surface area contributed by atoms with Gasteiger partial charge < -0.3 is 16.4 Å². The van der Waals surface area contributed by atoms with Crippen LogP contribution in [0.2, 0.25) is 0 Å². The predicted octanol–water partition coefficient (Wildman–Crippen LogP) is 0.534. The number of hydrogen-bond acceptors (Lipinski definition) is 3. The zero-order valence-electron chi connectivity index (χ0n) is 10.3. The Morgan fingerprint density at radius 2 is 1.78 bits per heavy atom. The molecule has 0 fully saturated rings. The van der Waals surface area contributed by atoms with Crippen LogP contribution < -0.4 is 16.4 Å². The van der Waals surface area contributed by atoms with Gasteiger partial charge in [0.2, 0.25) is 11.8 Å². The van der Waals surface area contributed by atoms with E-state index in [4.69, 9.17) is 5.73 Å². The number of nitrogen functional groups attached to an aromatic ring is 1. The van der Waals surface area contributed by atoms with Crippen LogP contribution in [0.3, 0.4) is 0 Å². The zero-order valence-corrected chi connectivity index (χ0v) is 10.3. The minimum Gasteiger partial charge on any atom is -0.399 e. The summed E-state index contributed by atoms with van der Waals surface area (Å²) in [6.07, 6.45) is 3.15. The lowest BCUT2D eigenvalue weighted by Gasteiger charge is -2.02. The van der Waals surface area contributed by atoms with Crippen LogP contribution in [-0.2, 0) is 9.59 Å². The molecule has 0 saturated carbocycles. The highest BCUT2D eigenvalue weighted by Crippen LogP contribution is 2.06. The Hall–Kier alpha value is -2.30. The van der Waals surface area contributed by atoms with Crippen molar-refractivity contribution in [2.24, 2.45) is 0 Å². The molecule has 1 aromatic carbocycles. The van der Waals surface area contributed by atoms with E-state index in [0.717, 1.165) is 5.56 Å². The standard InChI is InChI=1S/C13H17N3O2/c1-10(17)15-8-9-16-13(18)7-4-11-2-5-12(14)6-3-11/h2-7H,8-9,14H2,1H3,(H,15,17)(H,16,18)/b7-4+. The molecular formula is C13H17N3O2. The largest absolute Gasteiger partial charge is 0.399 e. The van der Waals surface area contributed by atoms with Gasteiger partial charge in [0.15, 0.2) is 0 Å². The van der Waals surface area contributed by atoms with Crippen LogP contribution in [-0.4, -0.2) is 24.9 Å². The van der Waals surface area contributed by atoms with Crippen LogP contribution in [0.15, 0.2) is 30.3 Å². The molecule has 0 heterocycles. The van der Waals surface area contributed by atoms with Crippen molar-refractivity contribution in [2.45, 2.75) is 6.92 Å². The van der Waals surface area contributed by atoms with Crippen molar-refractivity contribution in [1.29, 1.82) is 0 Å². The Labute approximate surface area is 106 Å². The van der Waals surface area contributed by atoms with Gasteiger partial charge in [-0.15, -0.1) is 0 Å². The first-order valence-electron chi connectivity index (χ1n) is 5.64. The fourth-order valence-corrected chi connectivity index (χ4v) is 1.26. The van der Waals surface area contributed by atoms with Crippen LogP contribution in [0.4, 0.5) is 5.69 Å². The lowest BCUT2D eigenvalue weighted by atomic mass is 10.2. The molecule has 1 aromatic rings. The van der Waals surface area contributed by atoms with E-state index in [1.54, 1.807) is 18.2 Å². The first kappa shape index (κ1) is 13.8. The maximum absolute atomic E-state index is 11.4. The van der Waals surface area contributed by atoms with Gasteiger partial charge in [-0.05, 0) is 23.8 Å². The number of carbonyl (C=O) groups excluding carboxylic acids is 2. The van der Waals surface area contributed by atoms with Gasteiger partial charge in [-0.25, -0.2) is 0 Å². The Balaban J connectivity index is 2.31. The van der Waals surface area contributed by atoms with E-state index in [9.17, 15) is 9.59 Å². The molecule has 2 amide bonds. The molecule has 5 heteroatoms. The lowest BCUT2D eigenvalue weighted by Crippen LogP contribution is -2.32. The second-order valence-corrected chi connectivity index (χ2v) is 3.77. The summed E-state index contributed by atoms with van der Waals surface area (Å²) in [5.41, 5.74) is 7.14. The molecule has 0 spiro atoms. The summed E-state index contributed by atoms with van der Waals surface area (Å²) in [6.45, 7) is 2.27. The van der Waals surface area contributed by atoms with Crippen LogP contribution in [0.5, 0.6) is 0 Å². The molecular weight excluding hydrogens is 230 g/mol. The Bertz CT molecular complexity index is 438. The summed E-state index contributed by atoms with van der Waals surface area (Å²) in [7, 11) is 0. The first-order valence-corrected chi connectivity index (χ1v) is 5.64. The average Bonchev–Trinajstić information content (AvgIpc) is 2.34. The minimum atomic E-state index is -0.197. The summed E-state index contributed by atoms with van der Waals surface area (Å²) in [4.78, 5) is 22.0. The van der Waals surface area contributed by atoms with Crippen LogP contribution in [0.25, 0.3) is 6.08 Å². The molecule has 0 aliphatic carbocycles. The second kappa shape index (κ2) is 7.11. The maximum Gasteiger partial charge on any atom is 0.244 e. The van der Waals surface area contributed by atoms with Gasteiger partial charge in [-0.1, -0.05) is 12.1 Å². The van der Waals surface area contributed by atoms with Gasteiger partial charge in [0, 0.05) is 31.8 Å². The summed E-state index contributed by atoms with van der Waals surface area (Å²) in [5, 5.41) is 5.24. The fourth-order valence-electron chi connectivity index (χ4n) is 1.26. The molecule has 0 radical (unpaired) electrons. The van der Waals surface area contributed by atoms with Crippen molar-refractivity contribution in [1.82, 2.24) is 10.6 Å². The molecule has 1 rings (SSSR count). The van der Waals surface area contributed by atoms with E-state index in [2.05, 4.69) is 10.6 Å². The number of anilines is 1. The number of carbonyl (C=O) groups is 2. The third-order valence-electron chi connectivity index (χ3n) is 2.16. The molecule has 5 nitrogen and oxygen atoms in total. The monoisotopic (exact) mass is 247 g/mol. The highest BCUT2D eigenvalue weighted by molar-refractivity contribution is 5.91. The van der Waals surface area contributed by atoms with E-state index in [1.165, 1.54) is 13.0 Å². The van der Waals surface area contributed by atoms with Crippen molar-refractivity contribution < 1.29 is 9.59 Å². The van der Waals surface area contributed by atoms with Crippen LogP contribution >= 0.6 is 0 Å². The molecule has 4 N–H and O–H groups in total. The number of amides is 2. The summed E-state index contributed by atoms with van der Waals surface area (Å²) in [6, 6.07) is 7.20. The molecule has 0 atom stereocenters. The number of rotatable bonds is 5. The van der Waals surface area contributed by atoms with Crippen molar-refractivity contribution in [3.8, 4) is 0 Å². The first-order chi connectivity index (χ1) is 8.58. The highest BCUT2D eigenvalue weighted by atomic mass is 16.2. The van der Waals surface area contributed by atoms with Gasteiger partial charge in [0.1, 0.15) is 0 Å². The lowest BCUT2D eigenvalue weighted by molar-refractivity contribution is -0.119. The number of nitrogens with two attached hydrogens (primary N) is 1. The molecule has 0 unspecified atom stereocenters. The van der Waals surface area contributed by atoms with E-state index < -0.39 is 0 Å². The Morgan fingerprint density at radius 3 is 2.39 bits per heavy atom. The smallest absolute Gasteiger partial charge is 0.244 e. The van der Waals surface area contributed by atoms with Crippen LogP contribution in [0, 0.1) is 0 Å². The van der Waals surface area contributed by atoms with E-state index in [1.807, 2.05) is 12.1 Å². The average molecular weight is 247 g/mol. The summed E-state index contributed by atoms with van der Waals surface area (Å²) >= 11 is 0. The third kappa shape index (κ3) is 5.69. The number of hydrogen-bond donors (Lipinski definition) is 3. The van der Waals surface area contributed by atoms with Crippen molar-refractivity contribution in [3.05, 3.63) is 35.9 Å². The normalized spacial score (nSPS) is 10.3. The van der Waals surface area contributed by atoms with E-state index in [-0.39, 0.29) is 11.8 Å². The third-order valence-corrected chi connectivity index (χ3v) is 2.16. The minimum absolute atomic E-state index is 0.110. The number of nitrogens with one attached hydrogen (secondary N) is 2. The summed E-state index contributed by atoms with van der Waals surface area (Å²) < 4.78 is 0. The topological polar surface area (TPSA) is 84.2 Å². The van der Waals surface area contributed by atoms with Gasteiger partial charge in [-0.2, -0.15) is 0 Å². The highest BCUT2D eigenvalue weighted by Gasteiger charge is 1.95. The van der Waals surface area contributed by atoms with Crippen molar-refractivity contribution >= 4 is 23.6 Å². The number of benzene rings is 1. The Morgan fingerprint density at radius 1 is 1.17 bits per heavy atom. The summed E-state index contributed by atoms with van der Waals surface area (Å²) in [5.74, 6) is -0.307. The molecule has 0 saturated heterocycles. The molecule has 0 bridgehead atoms. The van der Waals surface area contributed by atoms with Crippen molar-refractivity contribution in [2.75, 3.05) is 18.8 Å². The van der Waals surface area contributed by atoms with Crippen LogP contribution in [0.1, 0.15) is 12.5 Å². The Kier molecular flexibility index (Phi) is 5.44. The van der Waals surface area contributed by atoms with Gasteiger partial charge in [0.25, 0.3) is 0 Å². The molecule has 0 aromatic heterocycles. The van der Waals surface area contributed by atoms with Gasteiger partial charge >= 0.3 is 0 Å². The molecule has 0 aliphatic heterocycles. The molecule has 18 heavy (non-hydrogen) atoms. The second-order valence-electron chi connectivity index (χ2n) is 3.77. The SMILES string of the molecule is CC(=O)NCCNC(=O)/C=C/c1ccc(N)cc1. The van der Waals surface area contributed by atoms with E-state index >= 15 is 0 Å².